The van der Waals surface area contributed by atoms with E-state index in [9.17, 15) is 19.2 Å². The zero-order valence-electron chi connectivity index (χ0n) is 18.6. The summed E-state index contributed by atoms with van der Waals surface area (Å²) >= 11 is 0. The smallest absolute Gasteiger partial charge is 0.243 e. The van der Waals surface area contributed by atoms with E-state index in [0.717, 1.165) is 21.7 Å². The van der Waals surface area contributed by atoms with Gasteiger partial charge in [0.15, 0.2) is 0 Å². The lowest BCUT2D eigenvalue weighted by molar-refractivity contribution is -0.148. The molecule has 3 rings (SSSR count). The molecule has 1 saturated heterocycles. The highest BCUT2D eigenvalue weighted by Gasteiger charge is 2.51. The molecule has 0 saturated carbocycles. The average molecular weight is 426 g/mol. The van der Waals surface area contributed by atoms with Crippen LogP contribution in [-0.4, -0.2) is 41.1 Å². The quantitative estimate of drug-likeness (QED) is 0.519. The van der Waals surface area contributed by atoms with Crippen molar-refractivity contribution in [2.75, 3.05) is 11.9 Å². The maximum Gasteiger partial charge on any atom is 0.243 e. The summed E-state index contributed by atoms with van der Waals surface area (Å²) in [5.41, 5.74) is 2.59. The van der Waals surface area contributed by atoms with Gasteiger partial charge in [-0.3, -0.25) is 24.1 Å². The molecular weight excluding hydrogens is 394 g/mol. The van der Waals surface area contributed by atoms with Crippen LogP contribution in [0, 0.1) is 31.6 Å². The van der Waals surface area contributed by atoms with Crippen molar-refractivity contribution in [2.24, 2.45) is 17.8 Å². The lowest BCUT2D eigenvalue weighted by atomic mass is 9.85. The van der Waals surface area contributed by atoms with Crippen LogP contribution in [0.3, 0.4) is 0 Å². The number of benzene rings is 1. The van der Waals surface area contributed by atoms with Crippen LogP contribution in [0.1, 0.15) is 44.2 Å². The molecule has 3 atom stereocenters. The molecule has 0 unspecified atom stereocenters. The topological polar surface area (TPSA) is 95.6 Å². The number of amides is 4. The second kappa shape index (κ2) is 9.45. The SMILES string of the molecule is Cc1cccc(C)c1NC(=O)CNC(=O)[C@@H](CC(C)C)N1C(=O)[C@H]2CC=CC[C@H]2C1=O. The second-order valence-corrected chi connectivity index (χ2v) is 8.88. The van der Waals surface area contributed by atoms with E-state index in [0.29, 0.717) is 19.3 Å². The Bertz CT molecular complexity index is 875. The minimum atomic E-state index is -0.904. The summed E-state index contributed by atoms with van der Waals surface area (Å²) in [4.78, 5) is 52.5. The molecule has 7 nitrogen and oxygen atoms in total. The van der Waals surface area contributed by atoms with Crippen molar-refractivity contribution in [3.8, 4) is 0 Å². The number of likely N-dealkylation sites (tertiary alicyclic amines) is 1. The van der Waals surface area contributed by atoms with Crippen LogP contribution in [0.25, 0.3) is 0 Å². The van der Waals surface area contributed by atoms with Gasteiger partial charge in [0.25, 0.3) is 0 Å². The summed E-state index contributed by atoms with van der Waals surface area (Å²) < 4.78 is 0. The monoisotopic (exact) mass is 425 g/mol. The van der Waals surface area contributed by atoms with E-state index in [1.807, 2.05) is 58.0 Å². The Hall–Kier alpha value is -2.96. The first-order valence-electron chi connectivity index (χ1n) is 10.9. The van der Waals surface area contributed by atoms with Crippen molar-refractivity contribution in [1.82, 2.24) is 10.2 Å². The van der Waals surface area contributed by atoms with Gasteiger partial charge in [-0.1, -0.05) is 44.2 Å². The maximum absolute atomic E-state index is 13.0. The number of hydrogen-bond acceptors (Lipinski definition) is 4. The predicted octanol–water partition coefficient (Wildman–Crippen LogP) is 2.72. The van der Waals surface area contributed by atoms with Gasteiger partial charge in [0.2, 0.25) is 23.6 Å². The Kier molecular flexibility index (Phi) is 6.93. The molecule has 7 heteroatoms. The van der Waals surface area contributed by atoms with Crippen molar-refractivity contribution in [1.29, 1.82) is 0 Å². The molecule has 2 aliphatic rings. The predicted molar refractivity (Wildman–Crippen MR) is 118 cm³/mol. The standard InChI is InChI=1S/C24H31N3O4/c1-14(2)12-19(27-23(30)17-10-5-6-11-18(17)24(27)31)22(29)25-13-20(28)26-21-15(3)8-7-9-16(21)4/h5-9,14,17-19H,10-13H2,1-4H3,(H,25,29)(H,26,28)/t17-,18+,19-/m1/s1. The largest absolute Gasteiger partial charge is 0.345 e. The number of fused-ring (bicyclic) bond motifs is 1. The van der Waals surface area contributed by atoms with Crippen LogP contribution in [0.5, 0.6) is 0 Å². The van der Waals surface area contributed by atoms with Crippen LogP contribution in [0.4, 0.5) is 5.69 Å². The number of carbonyl (C=O) groups is 4. The number of rotatable bonds is 7. The number of aryl methyl sites for hydroxylation is 2. The van der Waals surface area contributed by atoms with E-state index >= 15 is 0 Å². The third kappa shape index (κ3) is 4.86. The number of hydrogen-bond donors (Lipinski definition) is 2. The normalized spacial score (nSPS) is 21.3. The number of nitrogens with zero attached hydrogens (tertiary/aromatic N) is 1. The molecule has 2 N–H and O–H groups in total. The molecule has 0 bridgehead atoms. The molecule has 1 fully saturated rings. The number of carbonyl (C=O) groups excluding carboxylic acids is 4. The van der Waals surface area contributed by atoms with Crippen LogP contribution in [0.15, 0.2) is 30.4 Å². The Morgan fingerprint density at radius 2 is 1.58 bits per heavy atom. The molecule has 0 spiro atoms. The Morgan fingerprint density at radius 3 is 2.10 bits per heavy atom. The molecular formula is C24H31N3O4. The van der Waals surface area contributed by atoms with E-state index in [-0.39, 0.29) is 42.0 Å². The van der Waals surface area contributed by atoms with Gasteiger partial charge < -0.3 is 10.6 Å². The van der Waals surface area contributed by atoms with Crippen molar-refractivity contribution in [3.05, 3.63) is 41.5 Å². The summed E-state index contributed by atoms with van der Waals surface area (Å²) in [6.45, 7) is 7.45. The zero-order valence-corrected chi connectivity index (χ0v) is 18.6. The molecule has 1 aliphatic heterocycles. The molecule has 0 radical (unpaired) electrons. The third-order valence-electron chi connectivity index (χ3n) is 6.02. The first kappa shape index (κ1) is 22.7. The molecule has 1 aromatic carbocycles. The van der Waals surface area contributed by atoms with Crippen molar-refractivity contribution in [2.45, 2.75) is 53.0 Å². The zero-order chi connectivity index (χ0) is 22.7. The van der Waals surface area contributed by atoms with Crippen LogP contribution in [-0.2, 0) is 19.2 Å². The van der Waals surface area contributed by atoms with E-state index in [4.69, 9.17) is 0 Å². The second-order valence-electron chi connectivity index (χ2n) is 8.88. The average Bonchev–Trinajstić information content (AvgIpc) is 2.98. The highest BCUT2D eigenvalue weighted by molar-refractivity contribution is 6.09. The Morgan fingerprint density at radius 1 is 1.03 bits per heavy atom. The van der Waals surface area contributed by atoms with Crippen molar-refractivity contribution in [3.63, 3.8) is 0 Å². The van der Waals surface area contributed by atoms with Gasteiger partial charge in [-0.05, 0) is 50.2 Å². The van der Waals surface area contributed by atoms with Crippen molar-refractivity contribution >= 4 is 29.3 Å². The highest BCUT2D eigenvalue weighted by atomic mass is 16.2. The summed E-state index contributed by atoms with van der Waals surface area (Å²) in [7, 11) is 0. The lowest BCUT2D eigenvalue weighted by Crippen LogP contribution is -2.51. The number of allylic oxidation sites excluding steroid dienone is 2. The number of imide groups is 1. The highest BCUT2D eigenvalue weighted by Crippen LogP contribution is 2.37. The van der Waals surface area contributed by atoms with Gasteiger partial charge in [0.1, 0.15) is 6.04 Å². The van der Waals surface area contributed by atoms with Crippen LogP contribution in [0.2, 0.25) is 0 Å². The molecule has 166 valence electrons. The van der Waals surface area contributed by atoms with E-state index in [1.54, 1.807) is 0 Å². The van der Waals surface area contributed by atoms with Crippen molar-refractivity contribution < 1.29 is 19.2 Å². The maximum atomic E-state index is 13.0. The van der Waals surface area contributed by atoms with Crippen LogP contribution < -0.4 is 10.6 Å². The number of para-hydroxylation sites is 1. The molecule has 31 heavy (non-hydrogen) atoms. The molecule has 0 aromatic heterocycles. The summed E-state index contributed by atoms with van der Waals surface area (Å²) in [5, 5.41) is 5.47. The molecule has 1 aliphatic carbocycles. The van der Waals surface area contributed by atoms with Gasteiger partial charge in [-0.15, -0.1) is 0 Å². The fourth-order valence-electron chi connectivity index (χ4n) is 4.39. The number of anilines is 1. The molecule has 1 heterocycles. The lowest BCUT2D eigenvalue weighted by Gasteiger charge is -2.27. The summed E-state index contributed by atoms with van der Waals surface area (Å²) in [5.74, 6) is -2.05. The first-order chi connectivity index (χ1) is 14.7. The third-order valence-corrected chi connectivity index (χ3v) is 6.02. The fraction of sp³-hybridized carbons (Fsp3) is 0.500. The minimum absolute atomic E-state index is 0.0977. The van der Waals surface area contributed by atoms with Gasteiger partial charge in [-0.2, -0.15) is 0 Å². The van der Waals surface area contributed by atoms with Gasteiger partial charge >= 0.3 is 0 Å². The number of nitrogens with one attached hydrogen (secondary N) is 2. The molecule has 1 aromatic rings. The van der Waals surface area contributed by atoms with E-state index in [2.05, 4.69) is 10.6 Å². The Balaban J connectivity index is 1.68. The van der Waals surface area contributed by atoms with Crippen LogP contribution >= 0.6 is 0 Å². The summed E-state index contributed by atoms with van der Waals surface area (Å²) in [6, 6.07) is 4.81. The first-order valence-corrected chi connectivity index (χ1v) is 10.9. The minimum Gasteiger partial charge on any atom is -0.345 e. The van der Waals surface area contributed by atoms with Gasteiger partial charge in [-0.25, -0.2) is 0 Å². The Labute approximate surface area is 183 Å². The fourth-order valence-corrected chi connectivity index (χ4v) is 4.39. The summed E-state index contributed by atoms with van der Waals surface area (Å²) in [6.07, 6.45) is 5.26. The molecule has 4 amide bonds. The van der Waals surface area contributed by atoms with E-state index < -0.39 is 11.9 Å². The van der Waals surface area contributed by atoms with E-state index in [1.165, 1.54) is 0 Å². The van der Waals surface area contributed by atoms with Gasteiger partial charge in [0.05, 0.1) is 18.4 Å². The van der Waals surface area contributed by atoms with Gasteiger partial charge in [0, 0.05) is 5.69 Å².